The summed E-state index contributed by atoms with van der Waals surface area (Å²) in [6, 6.07) is 0.755. The van der Waals surface area contributed by atoms with Gasteiger partial charge in [-0.15, -0.1) is 0 Å². The van der Waals surface area contributed by atoms with Crippen molar-refractivity contribution >= 4 is 0 Å². The summed E-state index contributed by atoms with van der Waals surface area (Å²) in [4.78, 5) is 0. The van der Waals surface area contributed by atoms with Crippen LogP contribution in [0.15, 0.2) is 0 Å². The molecule has 0 aliphatic heterocycles. The van der Waals surface area contributed by atoms with E-state index in [0.29, 0.717) is 5.41 Å². The van der Waals surface area contributed by atoms with Crippen LogP contribution in [0, 0.1) is 11.3 Å². The summed E-state index contributed by atoms with van der Waals surface area (Å²) in [6.07, 6.45) is 6.91. The third-order valence-electron chi connectivity index (χ3n) is 3.92. The molecule has 0 aromatic rings. The average Bonchev–Trinajstić information content (AvgIpc) is 2.15. The Hall–Kier alpha value is -0.0400. The van der Waals surface area contributed by atoms with Crippen LogP contribution in [0.5, 0.6) is 0 Å². The van der Waals surface area contributed by atoms with Crippen molar-refractivity contribution in [1.29, 1.82) is 0 Å². The zero-order valence-electron chi connectivity index (χ0n) is 10.4. The van der Waals surface area contributed by atoms with Gasteiger partial charge in [-0.25, -0.2) is 0 Å². The molecule has 0 radical (unpaired) electrons. The van der Waals surface area contributed by atoms with Crippen LogP contribution in [-0.4, -0.2) is 12.6 Å². The zero-order valence-corrected chi connectivity index (χ0v) is 10.4. The Morgan fingerprint density at radius 2 is 2.07 bits per heavy atom. The molecule has 2 unspecified atom stereocenters. The molecule has 1 fully saturated rings. The maximum Gasteiger partial charge on any atom is 0.0118 e. The molecule has 84 valence electrons. The Morgan fingerprint density at radius 3 is 2.64 bits per heavy atom. The van der Waals surface area contributed by atoms with Crippen LogP contribution in [0.4, 0.5) is 0 Å². The van der Waals surface area contributed by atoms with Crippen LogP contribution in [0.1, 0.15) is 59.8 Å². The van der Waals surface area contributed by atoms with Crippen LogP contribution < -0.4 is 5.32 Å². The number of hydrogen-bond acceptors (Lipinski definition) is 1. The minimum Gasteiger partial charge on any atom is -0.313 e. The lowest BCUT2D eigenvalue weighted by Crippen LogP contribution is -2.45. The smallest absolute Gasteiger partial charge is 0.0118 e. The van der Waals surface area contributed by atoms with E-state index in [-0.39, 0.29) is 0 Å². The summed E-state index contributed by atoms with van der Waals surface area (Å²) >= 11 is 0. The number of nitrogens with one attached hydrogen (secondary N) is 1. The molecule has 1 nitrogen and oxygen atoms in total. The highest BCUT2D eigenvalue weighted by molar-refractivity contribution is 4.87. The Morgan fingerprint density at radius 1 is 1.36 bits per heavy atom. The van der Waals surface area contributed by atoms with Gasteiger partial charge in [0.1, 0.15) is 0 Å². The van der Waals surface area contributed by atoms with Gasteiger partial charge >= 0.3 is 0 Å². The number of rotatable bonds is 4. The van der Waals surface area contributed by atoms with Crippen molar-refractivity contribution < 1.29 is 0 Å². The second-order valence-corrected chi connectivity index (χ2v) is 5.71. The van der Waals surface area contributed by atoms with E-state index < -0.39 is 0 Å². The second-order valence-electron chi connectivity index (χ2n) is 5.71. The normalized spacial score (nSPS) is 28.7. The summed E-state index contributed by atoms with van der Waals surface area (Å²) in [5, 5.41) is 3.76. The van der Waals surface area contributed by atoms with Gasteiger partial charge in [0.05, 0.1) is 0 Å². The molecule has 0 saturated heterocycles. The molecule has 0 heterocycles. The quantitative estimate of drug-likeness (QED) is 0.726. The van der Waals surface area contributed by atoms with Crippen molar-refractivity contribution in [2.24, 2.45) is 11.3 Å². The van der Waals surface area contributed by atoms with E-state index in [2.05, 4.69) is 33.0 Å². The van der Waals surface area contributed by atoms with Crippen molar-refractivity contribution in [2.75, 3.05) is 6.54 Å². The minimum atomic E-state index is 0.520. The van der Waals surface area contributed by atoms with Gasteiger partial charge in [-0.3, -0.25) is 0 Å². The van der Waals surface area contributed by atoms with E-state index in [9.17, 15) is 0 Å². The highest BCUT2D eigenvalue weighted by atomic mass is 14.9. The predicted octanol–water partition coefficient (Wildman–Crippen LogP) is 3.59. The van der Waals surface area contributed by atoms with Crippen molar-refractivity contribution in [3.8, 4) is 0 Å². The Labute approximate surface area is 89.7 Å². The Balaban J connectivity index is 2.34. The van der Waals surface area contributed by atoms with Crippen LogP contribution >= 0.6 is 0 Å². The summed E-state index contributed by atoms with van der Waals surface area (Å²) in [7, 11) is 0. The second kappa shape index (κ2) is 5.16. The molecule has 1 aliphatic rings. The first-order valence-electron chi connectivity index (χ1n) is 6.29. The van der Waals surface area contributed by atoms with Crippen molar-refractivity contribution in [3.05, 3.63) is 0 Å². The number of hydrogen-bond donors (Lipinski definition) is 1. The molecule has 1 aliphatic carbocycles. The van der Waals surface area contributed by atoms with E-state index in [1.54, 1.807) is 0 Å². The van der Waals surface area contributed by atoms with Crippen molar-refractivity contribution in [3.63, 3.8) is 0 Å². The van der Waals surface area contributed by atoms with Crippen molar-refractivity contribution in [2.45, 2.75) is 65.8 Å². The molecule has 0 aromatic carbocycles. The molecule has 1 heteroatoms. The highest BCUT2D eigenvalue weighted by Gasteiger charge is 2.31. The van der Waals surface area contributed by atoms with Gasteiger partial charge < -0.3 is 5.32 Å². The lowest BCUT2D eigenvalue weighted by atomic mass is 9.73. The fourth-order valence-electron chi connectivity index (χ4n) is 2.36. The molecule has 0 amide bonds. The first-order valence-corrected chi connectivity index (χ1v) is 6.29. The third-order valence-corrected chi connectivity index (χ3v) is 3.92. The Kier molecular flexibility index (Phi) is 4.43. The van der Waals surface area contributed by atoms with Gasteiger partial charge in [-0.1, -0.05) is 47.0 Å². The van der Waals surface area contributed by atoms with Gasteiger partial charge in [0.2, 0.25) is 0 Å². The van der Waals surface area contributed by atoms with Crippen LogP contribution in [0.25, 0.3) is 0 Å². The molecule has 1 saturated carbocycles. The van der Waals surface area contributed by atoms with Crippen LogP contribution in [0.2, 0.25) is 0 Å². The largest absolute Gasteiger partial charge is 0.313 e. The summed E-state index contributed by atoms with van der Waals surface area (Å²) in [5.41, 5.74) is 0.520. The lowest BCUT2D eigenvalue weighted by molar-refractivity contribution is 0.163. The molecule has 0 bridgehead atoms. The summed E-state index contributed by atoms with van der Waals surface area (Å²) in [6.45, 7) is 10.6. The van der Waals surface area contributed by atoms with E-state index >= 15 is 0 Å². The summed E-state index contributed by atoms with van der Waals surface area (Å²) < 4.78 is 0. The summed E-state index contributed by atoms with van der Waals surface area (Å²) in [5.74, 6) is 0.827. The first-order chi connectivity index (χ1) is 6.56. The lowest BCUT2D eigenvalue weighted by Gasteiger charge is -2.39. The maximum atomic E-state index is 3.76. The molecular weight excluding hydrogens is 170 g/mol. The monoisotopic (exact) mass is 197 g/mol. The SMILES string of the molecule is CCC(C)CNC1CCCCC1(C)C. The predicted molar refractivity (Wildman–Crippen MR) is 63.5 cm³/mol. The zero-order chi connectivity index (χ0) is 10.6. The highest BCUT2D eigenvalue weighted by Crippen LogP contribution is 2.35. The third kappa shape index (κ3) is 3.27. The van der Waals surface area contributed by atoms with E-state index in [1.807, 2.05) is 0 Å². The van der Waals surface area contributed by atoms with E-state index in [1.165, 1.54) is 38.6 Å². The van der Waals surface area contributed by atoms with Crippen molar-refractivity contribution in [1.82, 2.24) is 5.32 Å². The fraction of sp³-hybridized carbons (Fsp3) is 1.00. The first kappa shape index (κ1) is 12.0. The van der Waals surface area contributed by atoms with Gasteiger partial charge in [0.15, 0.2) is 0 Å². The fourth-order valence-corrected chi connectivity index (χ4v) is 2.36. The molecule has 1 rings (SSSR count). The molecule has 0 spiro atoms. The van der Waals surface area contributed by atoms with Crippen LogP contribution in [-0.2, 0) is 0 Å². The van der Waals surface area contributed by atoms with Gasteiger partial charge in [0, 0.05) is 6.04 Å². The van der Waals surface area contributed by atoms with Gasteiger partial charge in [-0.05, 0) is 30.7 Å². The van der Waals surface area contributed by atoms with Gasteiger partial charge in [-0.2, -0.15) is 0 Å². The molecule has 14 heavy (non-hydrogen) atoms. The minimum absolute atomic E-state index is 0.520. The standard InChI is InChI=1S/C13H27N/c1-5-11(2)10-14-12-8-6-7-9-13(12,3)4/h11-12,14H,5-10H2,1-4H3. The van der Waals surface area contributed by atoms with E-state index in [4.69, 9.17) is 0 Å². The maximum absolute atomic E-state index is 3.76. The Bertz CT molecular complexity index is 163. The van der Waals surface area contributed by atoms with E-state index in [0.717, 1.165) is 12.0 Å². The molecule has 1 N–H and O–H groups in total. The van der Waals surface area contributed by atoms with Gasteiger partial charge in [0.25, 0.3) is 0 Å². The average molecular weight is 197 g/mol. The molecular formula is C13H27N. The van der Waals surface area contributed by atoms with Crippen LogP contribution in [0.3, 0.4) is 0 Å². The molecule has 0 aromatic heterocycles. The topological polar surface area (TPSA) is 12.0 Å². The molecule has 2 atom stereocenters.